The van der Waals surface area contributed by atoms with Crippen LogP contribution < -0.4 is 0 Å². The minimum Gasteiger partial charge on any atom is -0.221 e. The second-order valence-electron chi connectivity index (χ2n) is 2.66. The Morgan fingerprint density at radius 1 is 1.21 bits per heavy atom. The SMILES string of the molecule is Fc1ccc(-n2nccc2Cl)c(Cl)c1. The molecule has 0 aliphatic carbocycles. The van der Waals surface area contributed by atoms with Crippen molar-refractivity contribution < 1.29 is 4.39 Å². The van der Waals surface area contributed by atoms with E-state index in [4.69, 9.17) is 23.2 Å². The monoisotopic (exact) mass is 230 g/mol. The molecule has 0 fully saturated rings. The standard InChI is InChI=1S/C9H5Cl2FN2/c10-7-5-6(12)1-2-8(7)14-9(11)3-4-13-14/h1-5H. The van der Waals surface area contributed by atoms with Crippen molar-refractivity contribution in [3.63, 3.8) is 0 Å². The zero-order chi connectivity index (χ0) is 10.1. The lowest BCUT2D eigenvalue weighted by molar-refractivity contribution is 0.627. The van der Waals surface area contributed by atoms with E-state index < -0.39 is 0 Å². The third-order valence-electron chi connectivity index (χ3n) is 1.73. The summed E-state index contributed by atoms with van der Waals surface area (Å²) in [7, 11) is 0. The third kappa shape index (κ3) is 1.61. The minimum absolute atomic E-state index is 0.274. The quantitative estimate of drug-likeness (QED) is 0.736. The Morgan fingerprint density at radius 2 is 2.00 bits per heavy atom. The summed E-state index contributed by atoms with van der Waals surface area (Å²) in [4.78, 5) is 0. The highest BCUT2D eigenvalue weighted by atomic mass is 35.5. The minimum atomic E-state index is -0.387. The molecule has 2 aromatic rings. The predicted octanol–water partition coefficient (Wildman–Crippen LogP) is 3.32. The summed E-state index contributed by atoms with van der Waals surface area (Å²) in [6, 6.07) is 5.67. The first kappa shape index (κ1) is 9.49. The van der Waals surface area contributed by atoms with Gasteiger partial charge in [-0.15, -0.1) is 0 Å². The predicted molar refractivity (Wildman–Crippen MR) is 53.5 cm³/mol. The Labute approximate surface area is 89.9 Å². The molecular formula is C9H5Cl2FN2. The van der Waals surface area contributed by atoms with Gasteiger partial charge in [0.2, 0.25) is 0 Å². The van der Waals surface area contributed by atoms with E-state index in [9.17, 15) is 4.39 Å². The second kappa shape index (κ2) is 3.59. The van der Waals surface area contributed by atoms with Crippen LogP contribution in [0.25, 0.3) is 5.69 Å². The molecule has 5 heteroatoms. The number of hydrogen-bond acceptors (Lipinski definition) is 1. The molecule has 72 valence electrons. The van der Waals surface area contributed by atoms with Crippen LogP contribution in [0.2, 0.25) is 10.2 Å². The van der Waals surface area contributed by atoms with Crippen LogP contribution in [0.1, 0.15) is 0 Å². The van der Waals surface area contributed by atoms with E-state index in [2.05, 4.69) is 5.10 Å². The topological polar surface area (TPSA) is 17.8 Å². The maximum atomic E-state index is 12.7. The summed E-state index contributed by atoms with van der Waals surface area (Å²) in [5.41, 5.74) is 0.558. The highest BCUT2D eigenvalue weighted by Crippen LogP contribution is 2.23. The van der Waals surface area contributed by atoms with Crippen LogP contribution >= 0.6 is 23.2 Å². The molecule has 0 atom stereocenters. The molecule has 0 aliphatic heterocycles. The molecule has 0 bridgehead atoms. The Balaban J connectivity index is 2.58. The van der Waals surface area contributed by atoms with Gasteiger partial charge in [-0.1, -0.05) is 23.2 Å². The van der Waals surface area contributed by atoms with Crippen molar-refractivity contribution in [2.24, 2.45) is 0 Å². The molecule has 1 heterocycles. The summed E-state index contributed by atoms with van der Waals surface area (Å²) in [6.45, 7) is 0. The zero-order valence-electron chi connectivity index (χ0n) is 6.92. The zero-order valence-corrected chi connectivity index (χ0v) is 8.43. The Kier molecular flexibility index (Phi) is 2.44. The van der Waals surface area contributed by atoms with E-state index >= 15 is 0 Å². The van der Waals surface area contributed by atoms with Gasteiger partial charge in [-0.3, -0.25) is 0 Å². The molecule has 2 rings (SSSR count). The fourth-order valence-electron chi connectivity index (χ4n) is 1.12. The molecular weight excluding hydrogens is 226 g/mol. The molecule has 0 unspecified atom stereocenters. The molecule has 0 N–H and O–H groups in total. The normalized spacial score (nSPS) is 10.5. The Hall–Kier alpha value is -1.06. The molecule has 14 heavy (non-hydrogen) atoms. The lowest BCUT2D eigenvalue weighted by Gasteiger charge is -2.04. The largest absolute Gasteiger partial charge is 0.221 e. The summed E-state index contributed by atoms with van der Waals surface area (Å²) < 4.78 is 14.2. The molecule has 1 aromatic carbocycles. The van der Waals surface area contributed by atoms with Crippen molar-refractivity contribution in [1.29, 1.82) is 0 Å². The van der Waals surface area contributed by atoms with Gasteiger partial charge in [0.25, 0.3) is 0 Å². The Morgan fingerprint density at radius 3 is 2.57 bits per heavy atom. The summed E-state index contributed by atoms with van der Waals surface area (Å²) in [5, 5.41) is 4.66. The van der Waals surface area contributed by atoms with Gasteiger partial charge in [0.15, 0.2) is 0 Å². The summed E-state index contributed by atoms with van der Waals surface area (Å²) in [5.74, 6) is -0.387. The summed E-state index contributed by atoms with van der Waals surface area (Å²) >= 11 is 11.7. The van der Waals surface area contributed by atoms with Crippen LogP contribution in [-0.2, 0) is 0 Å². The molecule has 0 radical (unpaired) electrons. The van der Waals surface area contributed by atoms with E-state index in [-0.39, 0.29) is 10.8 Å². The average Bonchev–Trinajstić information content (AvgIpc) is 2.52. The van der Waals surface area contributed by atoms with E-state index in [1.54, 1.807) is 12.3 Å². The number of benzene rings is 1. The van der Waals surface area contributed by atoms with Gasteiger partial charge in [0, 0.05) is 0 Å². The van der Waals surface area contributed by atoms with Crippen molar-refractivity contribution in [2.75, 3.05) is 0 Å². The highest BCUT2D eigenvalue weighted by Gasteiger charge is 2.07. The first-order valence-corrected chi connectivity index (χ1v) is 4.59. The van der Waals surface area contributed by atoms with E-state index in [0.29, 0.717) is 10.8 Å². The van der Waals surface area contributed by atoms with Gasteiger partial charge in [-0.2, -0.15) is 5.10 Å². The number of aromatic nitrogens is 2. The second-order valence-corrected chi connectivity index (χ2v) is 3.46. The van der Waals surface area contributed by atoms with Crippen LogP contribution in [-0.4, -0.2) is 9.78 Å². The van der Waals surface area contributed by atoms with Crippen molar-refractivity contribution in [3.05, 3.63) is 46.5 Å². The molecule has 2 nitrogen and oxygen atoms in total. The van der Waals surface area contributed by atoms with Gasteiger partial charge in [0.1, 0.15) is 11.0 Å². The molecule has 0 amide bonds. The molecule has 0 aliphatic rings. The first-order valence-electron chi connectivity index (χ1n) is 3.83. The number of rotatable bonds is 1. The van der Waals surface area contributed by atoms with Gasteiger partial charge < -0.3 is 0 Å². The third-order valence-corrected chi connectivity index (χ3v) is 2.32. The highest BCUT2D eigenvalue weighted by molar-refractivity contribution is 6.33. The lowest BCUT2D eigenvalue weighted by atomic mass is 10.3. The van der Waals surface area contributed by atoms with Crippen molar-refractivity contribution >= 4 is 23.2 Å². The molecule has 0 spiro atoms. The number of halogens is 3. The summed E-state index contributed by atoms with van der Waals surface area (Å²) in [6.07, 6.45) is 1.54. The van der Waals surface area contributed by atoms with Crippen LogP contribution in [0.5, 0.6) is 0 Å². The van der Waals surface area contributed by atoms with Gasteiger partial charge in [-0.05, 0) is 24.3 Å². The Bertz CT molecular complexity index is 468. The maximum Gasteiger partial charge on any atom is 0.132 e. The van der Waals surface area contributed by atoms with E-state index in [1.165, 1.54) is 22.9 Å². The van der Waals surface area contributed by atoms with E-state index in [0.717, 1.165) is 0 Å². The van der Waals surface area contributed by atoms with E-state index in [1.807, 2.05) is 0 Å². The van der Waals surface area contributed by atoms with Gasteiger partial charge in [0.05, 0.1) is 16.9 Å². The number of nitrogens with zero attached hydrogens (tertiary/aromatic N) is 2. The molecule has 1 aromatic heterocycles. The fraction of sp³-hybridized carbons (Fsp3) is 0. The van der Waals surface area contributed by atoms with Crippen LogP contribution in [0.15, 0.2) is 30.5 Å². The maximum absolute atomic E-state index is 12.7. The number of hydrogen-bond donors (Lipinski definition) is 0. The smallest absolute Gasteiger partial charge is 0.132 e. The van der Waals surface area contributed by atoms with Crippen LogP contribution in [0.4, 0.5) is 4.39 Å². The molecule has 0 saturated heterocycles. The van der Waals surface area contributed by atoms with Crippen LogP contribution in [0.3, 0.4) is 0 Å². The van der Waals surface area contributed by atoms with Crippen molar-refractivity contribution in [3.8, 4) is 5.69 Å². The first-order chi connectivity index (χ1) is 6.68. The molecule has 0 saturated carbocycles. The average molecular weight is 231 g/mol. The van der Waals surface area contributed by atoms with Crippen LogP contribution in [0, 0.1) is 5.82 Å². The fourth-order valence-corrected chi connectivity index (χ4v) is 1.56. The van der Waals surface area contributed by atoms with Gasteiger partial charge in [-0.25, -0.2) is 9.07 Å². The van der Waals surface area contributed by atoms with Crippen molar-refractivity contribution in [2.45, 2.75) is 0 Å². The van der Waals surface area contributed by atoms with Gasteiger partial charge >= 0.3 is 0 Å². The van der Waals surface area contributed by atoms with Crippen molar-refractivity contribution in [1.82, 2.24) is 9.78 Å². The lowest BCUT2D eigenvalue weighted by Crippen LogP contribution is -1.97.